The molecule has 27 heavy (non-hydrogen) atoms. The number of rotatable bonds is 4. The molecule has 1 aliphatic heterocycles. The Morgan fingerprint density at radius 2 is 1.26 bits per heavy atom. The zero-order chi connectivity index (χ0) is 19.6. The number of benzene rings is 2. The lowest BCUT2D eigenvalue weighted by molar-refractivity contribution is -0.171. The van der Waals surface area contributed by atoms with Crippen LogP contribution in [0.1, 0.15) is 23.3 Å². The summed E-state index contributed by atoms with van der Waals surface area (Å²) in [6, 6.07) is 18.7. The molecule has 0 saturated carbocycles. The average molecular weight is 368 g/mol. The molecule has 0 aromatic heterocycles. The SMILES string of the molecule is COC(=O)C1(C(=O)OC)[C@H](c2ccccc2)N(C)[C@@H](c2ccccc2)N1C. The molecule has 1 aliphatic rings. The molecule has 3 rings (SSSR count). The van der Waals surface area contributed by atoms with Crippen LogP contribution in [0.15, 0.2) is 60.7 Å². The second-order valence-corrected chi connectivity index (χ2v) is 6.62. The highest BCUT2D eigenvalue weighted by Crippen LogP contribution is 2.50. The van der Waals surface area contributed by atoms with Gasteiger partial charge in [-0.25, -0.2) is 9.59 Å². The summed E-state index contributed by atoms with van der Waals surface area (Å²) in [4.78, 5) is 29.9. The number of hydrogen-bond donors (Lipinski definition) is 0. The molecule has 1 heterocycles. The van der Waals surface area contributed by atoms with Gasteiger partial charge in [-0.1, -0.05) is 60.7 Å². The Morgan fingerprint density at radius 1 is 0.815 bits per heavy atom. The van der Waals surface area contributed by atoms with E-state index in [9.17, 15) is 9.59 Å². The van der Waals surface area contributed by atoms with Crippen molar-refractivity contribution in [2.75, 3.05) is 28.3 Å². The molecular weight excluding hydrogens is 344 g/mol. The van der Waals surface area contributed by atoms with Crippen LogP contribution in [-0.2, 0) is 19.1 Å². The Balaban J connectivity index is 2.26. The number of ether oxygens (including phenoxy) is 2. The van der Waals surface area contributed by atoms with Gasteiger partial charge < -0.3 is 9.47 Å². The van der Waals surface area contributed by atoms with E-state index in [-0.39, 0.29) is 6.17 Å². The van der Waals surface area contributed by atoms with Gasteiger partial charge in [-0.05, 0) is 25.2 Å². The molecule has 6 heteroatoms. The van der Waals surface area contributed by atoms with E-state index in [0.29, 0.717) is 0 Å². The van der Waals surface area contributed by atoms with Crippen molar-refractivity contribution in [3.8, 4) is 0 Å². The van der Waals surface area contributed by atoms with E-state index in [1.54, 1.807) is 11.9 Å². The van der Waals surface area contributed by atoms with E-state index < -0.39 is 23.5 Å². The number of carbonyl (C=O) groups is 2. The van der Waals surface area contributed by atoms with Crippen molar-refractivity contribution in [3.63, 3.8) is 0 Å². The summed E-state index contributed by atoms with van der Waals surface area (Å²) in [6.07, 6.45) is -0.311. The number of carbonyl (C=O) groups excluding carboxylic acids is 2. The van der Waals surface area contributed by atoms with Crippen molar-refractivity contribution in [3.05, 3.63) is 71.8 Å². The Bertz CT molecular complexity index is 793. The normalized spacial score (nSPS) is 22.4. The molecular formula is C21H24N2O4. The highest BCUT2D eigenvalue weighted by molar-refractivity contribution is 6.06. The maximum Gasteiger partial charge on any atom is 0.340 e. The molecule has 0 aliphatic carbocycles. The molecule has 0 amide bonds. The van der Waals surface area contributed by atoms with Crippen LogP contribution in [-0.4, -0.2) is 55.6 Å². The van der Waals surface area contributed by atoms with Gasteiger partial charge in [-0.2, -0.15) is 0 Å². The first-order chi connectivity index (χ1) is 13.0. The standard InChI is InChI=1S/C21H24N2O4/c1-22-17(15-11-7-5-8-12-15)21(19(24)26-3,20(25)27-4)23(2)18(22)16-13-9-6-10-14-16/h5-14,17-18H,1-4H3/t17-,18+/m0/s1. The number of methoxy groups -OCH3 is 2. The van der Waals surface area contributed by atoms with Gasteiger partial charge in [0.05, 0.1) is 26.4 Å². The van der Waals surface area contributed by atoms with Gasteiger partial charge in [0.2, 0.25) is 5.54 Å². The highest BCUT2D eigenvalue weighted by atomic mass is 16.5. The quantitative estimate of drug-likeness (QED) is 0.610. The first-order valence-corrected chi connectivity index (χ1v) is 8.71. The van der Waals surface area contributed by atoms with Crippen LogP contribution in [0, 0.1) is 0 Å². The lowest BCUT2D eigenvalue weighted by Crippen LogP contribution is -2.59. The van der Waals surface area contributed by atoms with Gasteiger partial charge >= 0.3 is 11.9 Å². The summed E-state index contributed by atoms with van der Waals surface area (Å²) in [7, 11) is 6.24. The first kappa shape index (κ1) is 19.1. The molecule has 2 atom stereocenters. The number of likely N-dealkylation sites (N-methyl/N-ethyl adjacent to an activating group) is 2. The van der Waals surface area contributed by atoms with Crippen LogP contribution in [0.3, 0.4) is 0 Å². The third kappa shape index (κ3) is 2.81. The van der Waals surface area contributed by atoms with Crippen LogP contribution in [0.2, 0.25) is 0 Å². The van der Waals surface area contributed by atoms with E-state index in [1.165, 1.54) is 14.2 Å². The van der Waals surface area contributed by atoms with Gasteiger partial charge in [-0.3, -0.25) is 9.80 Å². The van der Waals surface area contributed by atoms with Crippen LogP contribution in [0.25, 0.3) is 0 Å². The van der Waals surface area contributed by atoms with Crippen molar-refractivity contribution < 1.29 is 19.1 Å². The van der Waals surface area contributed by atoms with Crippen LogP contribution >= 0.6 is 0 Å². The number of esters is 2. The maximum absolute atomic E-state index is 13.1. The van der Waals surface area contributed by atoms with Gasteiger partial charge in [0.1, 0.15) is 0 Å². The topological polar surface area (TPSA) is 59.1 Å². The minimum Gasteiger partial charge on any atom is -0.467 e. The molecule has 0 unspecified atom stereocenters. The summed E-state index contributed by atoms with van der Waals surface area (Å²) >= 11 is 0. The Labute approximate surface area is 159 Å². The minimum atomic E-state index is -1.62. The summed E-state index contributed by atoms with van der Waals surface area (Å²) in [5.74, 6) is -1.29. The van der Waals surface area contributed by atoms with Gasteiger partial charge in [-0.15, -0.1) is 0 Å². The summed E-state index contributed by atoms with van der Waals surface area (Å²) < 4.78 is 10.2. The van der Waals surface area contributed by atoms with E-state index in [4.69, 9.17) is 9.47 Å². The molecule has 2 aromatic carbocycles. The Kier molecular flexibility index (Phi) is 5.30. The van der Waals surface area contributed by atoms with E-state index in [0.717, 1.165) is 11.1 Å². The largest absolute Gasteiger partial charge is 0.467 e. The number of nitrogens with zero attached hydrogens (tertiary/aromatic N) is 2. The van der Waals surface area contributed by atoms with Crippen molar-refractivity contribution in [1.29, 1.82) is 0 Å². The van der Waals surface area contributed by atoms with Crippen LogP contribution in [0.4, 0.5) is 0 Å². The van der Waals surface area contributed by atoms with E-state index in [1.807, 2.05) is 72.6 Å². The monoisotopic (exact) mass is 368 g/mol. The lowest BCUT2D eigenvalue weighted by Gasteiger charge is -2.35. The predicted octanol–water partition coefficient (Wildman–Crippen LogP) is 2.39. The fourth-order valence-electron chi connectivity index (χ4n) is 4.20. The average Bonchev–Trinajstić information content (AvgIpc) is 2.95. The molecule has 142 valence electrons. The predicted molar refractivity (Wildman–Crippen MR) is 101 cm³/mol. The lowest BCUT2D eigenvalue weighted by atomic mass is 9.85. The Hall–Kier alpha value is -2.70. The van der Waals surface area contributed by atoms with Gasteiger partial charge in [0.15, 0.2) is 0 Å². The molecule has 0 bridgehead atoms. The summed E-state index contributed by atoms with van der Waals surface area (Å²) in [5, 5.41) is 0. The fraction of sp³-hybridized carbons (Fsp3) is 0.333. The minimum absolute atomic E-state index is 0.311. The molecule has 1 fully saturated rings. The second-order valence-electron chi connectivity index (χ2n) is 6.62. The van der Waals surface area contributed by atoms with Crippen molar-refractivity contribution in [2.24, 2.45) is 0 Å². The summed E-state index contributed by atoms with van der Waals surface area (Å²) in [6.45, 7) is 0. The molecule has 0 N–H and O–H groups in total. The fourth-order valence-corrected chi connectivity index (χ4v) is 4.20. The zero-order valence-electron chi connectivity index (χ0n) is 16.0. The summed E-state index contributed by atoms with van der Waals surface area (Å²) in [5.41, 5.74) is 0.180. The van der Waals surface area contributed by atoms with Crippen molar-refractivity contribution >= 4 is 11.9 Å². The smallest absolute Gasteiger partial charge is 0.340 e. The molecule has 6 nitrogen and oxygen atoms in total. The molecule has 0 spiro atoms. The molecule has 2 aromatic rings. The first-order valence-electron chi connectivity index (χ1n) is 8.71. The molecule has 0 radical (unpaired) electrons. The van der Waals surface area contributed by atoms with Gasteiger partial charge in [0, 0.05) is 0 Å². The second kappa shape index (κ2) is 7.50. The number of hydrogen-bond acceptors (Lipinski definition) is 6. The van der Waals surface area contributed by atoms with E-state index >= 15 is 0 Å². The maximum atomic E-state index is 13.1. The van der Waals surface area contributed by atoms with Crippen LogP contribution < -0.4 is 0 Å². The van der Waals surface area contributed by atoms with Crippen molar-refractivity contribution in [2.45, 2.75) is 17.7 Å². The highest BCUT2D eigenvalue weighted by Gasteiger charge is 2.67. The molecule has 1 saturated heterocycles. The zero-order valence-corrected chi connectivity index (χ0v) is 16.0. The van der Waals surface area contributed by atoms with Crippen LogP contribution in [0.5, 0.6) is 0 Å². The van der Waals surface area contributed by atoms with Crippen molar-refractivity contribution in [1.82, 2.24) is 9.80 Å². The third-order valence-electron chi connectivity index (χ3n) is 5.32. The Morgan fingerprint density at radius 3 is 1.70 bits per heavy atom. The van der Waals surface area contributed by atoms with E-state index in [2.05, 4.69) is 0 Å². The van der Waals surface area contributed by atoms with Gasteiger partial charge in [0.25, 0.3) is 0 Å². The third-order valence-corrected chi connectivity index (χ3v) is 5.32.